The molecule has 1 aromatic carbocycles. The number of aryl methyl sites for hydroxylation is 1. The molecule has 0 unspecified atom stereocenters. The fraction of sp³-hybridized carbons (Fsp3) is 0.458. The van der Waals surface area contributed by atoms with E-state index >= 15 is 0 Å². The van der Waals surface area contributed by atoms with Gasteiger partial charge in [0.15, 0.2) is 5.11 Å². The number of hydrogen-bond donors (Lipinski definition) is 2. The molecule has 33 heavy (non-hydrogen) atoms. The fourth-order valence-corrected chi connectivity index (χ4v) is 5.73. The Kier molecular flexibility index (Phi) is 7.95. The number of thiophene rings is 1. The number of thiocarbonyl (C=S) groups is 1. The summed E-state index contributed by atoms with van der Waals surface area (Å²) in [7, 11) is 0. The van der Waals surface area contributed by atoms with Gasteiger partial charge in [-0.05, 0) is 74.7 Å². The monoisotopic (exact) mass is 487 g/mol. The van der Waals surface area contributed by atoms with Crippen molar-refractivity contribution in [3.63, 3.8) is 0 Å². The minimum Gasteiger partial charge on any atom is -0.462 e. The lowest BCUT2D eigenvalue weighted by Gasteiger charge is -2.26. The van der Waals surface area contributed by atoms with Crippen LogP contribution in [0.25, 0.3) is 0 Å². The standard InChI is InChI=1S/C24H29N3O4S2/c1-2-31-23(29)20-18-6-4-3-5-7-19(18)33-21(20)26-24(32)25-17-10-8-16(9-11-17)22(28)27-12-14-30-15-13-27/h8-11H,2-7,12-15H2,1H3,(H2,25,26,32). The van der Waals surface area contributed by atoms with Crippen LogP contribution in [0.1, 0.15) is 57.3 Å². The zero-order valence-electron chi connectivity index (χ0n) is 18.8. The summed E-state index contributed by atoms with van der Waals surface area (Å²) in [5, 5.41) is 7.50. The lowest BCUT2D eigenvalue weighted by atomic mass is 10.1. The molecular weight excluding hydrogens is 458 g/mol. The molecule has 0 bridgehead atoms. The maximum absolute atomic E-state index is 12.7. The lowest BCUT2D eigenvalue weighted by Crippen LogP contribution is -2.40. The van der Waals surface area contributed by atoms with Gasteiger partial charge in [0.05, 0.1) is 25.4 Å². The van der Waals surface area contributed by atoms with Crippen LogP contribution in [0.3, 0.4) is 0 Å². The summed E-state index contributed by atoms with van der Waals surface area (Å²) in [6.07, 6.45) is 5.26. The number of esters is 1. The van der Waals surface area contributed by atoms with Gasteiger partial charge in [-0.25, -0.2) is 4.79 Å². The van der Waals surface area contributed by atoms with E-state index in [1.807, 2.05) is 19.1 Å². The van der Waals surface area contributed by atoms with Crippen molar-refractivity contribution in [3.8, 4) is 0 Å². The van der Waals surface area contributed by atoms with Crippen LogP contribution in [0.15, 0.2) is 24.3 Å². The highest BCUT2D eigenvalue weighted by Gasteiger charge is 2.26. The van der Waals surface area contributed by atoms with E-state index in [1.54, 1.807) is 28.4 Å². The molecule has 1 amide bonds. The molecule has 7 nitrogen and oxygen atoms in total. The highest BCUT2D eigenvalue weighted by atomic mass is 32.1. The van der Waals surface area contributed by atoms with Gasteiger partial charge < -0.3 is 25.0 Å². The van der Waals surface area contributed by atoms with Crippen LogP contribution in [0.4, 0.5) is 10.7 Å². The van der Waals surface area contributed by atoms with E-state index in [0.29, 0.717) is 49.1 Å². The van der Waals surface area contributed by atoms with Crippen LogP contribution in [-0.4, -0.2) is 54.8 Å². The van der Waals surface area contributed by atoms with Crippen molar-refractivity contribution in [2.24, 2.45) is 0 Å². The third-order valence-electron chi connectivity index (χ3n) is 5.82. The van der Waals surface area contributed by atoms with Gasteiger partial charge in [0, 0.05) is 29.2 Å². The predicted octanol–water partition coefficient (Wildman–Crippen LogP) is 4.48. The Labute approximate surface area is 203 Å². The Morgan fingerprint density at radius 2 is 1.82 bits per heavy atom. The van der Waals surface area contributed by atoms with Crippen molar-refractivity contribution in [1.29, 1.82) is 0 Å². The topological polar surface area (TPSA) is 79.9 Å². The maximum atomic E-state index is 12.7. The molecule has 1 aliphatic carbocycles. The summed E-state index contributed by atoms with van der Waals surface area (Å²) in [5.74, 6) is -0.294. The number of nitrogens with zero attached hydrogens (tertiary/aromatic N) is 1. The number of benzene rings is 1. The van der Waals surface area contributed by atoms with E-state index in [4.69, 9.17) is 21.7 Å². The number of amides is 1. The molecule has 2 aliphatic rings. The van der Waals surface area contributed by atoms with E-state index in [9.17, 15) is 9.59 Å². The van der Waals surface area contributed by atoms with Crippen molar-refractivity contribution in [2.45, 2.75) is 39.0 Å². The van der Waals surface area contributed by atoms with Crippen LogP contribution in [0.2, 0.25) is 0 Å². The predicted molar refractivity (Wildman–Crippen MR) is 135 cm³/mol. The first-order valence-corrected chi connectivity index (χ1v) is 12.7. The average Bonchev–Trinajstić information content (AvgIpc) is 2.99. The van der Waals surface area contributed by atoms with Crippen molar-refractivity contribution in [3.05, 3.63) is 45.8 Å². The van der Waals surface area contributed by atoms with Crippen molar-refractivity contribution in [1.82, 2.24) is 4.90 Å². The minimum atomic E-state index is -0.298. The van der Waals surface area contributed by atoms with E-state index in [1.165, 1.54) is 11.3 Å². The molecule has 2 heterocycles. The molecule has 1 fully saturated rings. The number of rotatable bonds is 5. The smallest absolute Gasteiger partial charge is 0.341 e. The summed E-state index contributed by atoms with van der Waals surface area (Å²) in [6.45, 7) is 4.52. The normalized spacial score (nSPS) is 15.8. The van der Waals surface area contributed by atoms with Gasteiger partial charge in [-0.15, -0.1) is 11.3 Å². The van der Waals surface area contributed by atoms with E-state index in [0.717, 1.165) is 41.9 Å². The van der Waals surface area contributed by atoms with Gasteiger partial charge in [0.25, 0.3) is 5.91 Å². The summed E-state index contributed by atoms with van der Waals surface area (Å²) >= 11 is 7.12. The molecule has 1 saturated heterocycles. The van der Waals surface area contributed by atoms with Gasteiger partial charge in [-0.1, -0.05) is 6.42 Å². The fourth-order valence-electron chi connectivity index (χ4n) is 4.16. The highest BCUT2D eigenvalue weighted by Crippen LogP contribution is 2.38. The zero-order chi connectivity index (χ0) is 23.2. The molecule has 176 valence electrons. The van der Waals surface area contributed by atoms with Gasteiger partial charge in [0.2, 0.25) is 0 Å². The molecule has 0 atom stereocenters. The van der Waals surface area contributed by atoms with Gasteiger partial charge >= 0.3 is 5.97 Å². The summed E-state index contributed by atoms with van der Waals surface area (Å²) in [4.78, 5) is 28.4. The molecule has 0 saturated carbocycles. The van der Waals surface area contributed by atoms with Crippen molar-refractivity contribution >= 4 is 51.2 Å². The van der Waals surface area contributed by atoms with E-state index < -0.39 is 0 Å². The number of carbonyl (C=O) groups excluding carboxylic acids is 2. The number of nitrogens with one attached hydrogen (secondary N) is 2. The molecule has 4 rings (SSSR count). The van der Waals surface area contributed by atoms with Crippen LogP contribution in [0.5, 0.6) is 0 Å². The van der Waals surface area contributed by atoms with E-state index in [2.05, 4.69) is 10.6 Å². The second kappa shape index (κ2) is 11.1. The number of fused-ring (bicyclic) bond motifs is 1. The zero-order valence-corrected chi connectivity index (χ0v) is 20.4. The van der Waals surface area contributed by atoms with Crippen LogP contribution in [0, 0.1) is 0 Å². The van der Waals surface area contributed by atoms with Crippen molar-refractivity contribution < 1.29 is 19.1 Å². The number of ether oxygens (including phenoxy) is 2. The molecule has 2 aromatic rings. The molecule has 1 aliphatic heterocycles. The summed E-state index contributed by atoms with van der Waals surface area (Å²) < 4.78 is 10.7. The van der Waals surface area contributed by atoms with Crippen LogP contribution in [-0.2, 0) is 22.3 Å². The first kappa shape index (κ1) is 23.7. The number of anilines is 2. The Balaban J connectivity index is 1.44. The molecule has 2 N–H and O–H groups in total. The van der Waals surface area contributed by atoms with Crippen LogP contribution < -0.4 is 10.6 Å². The third-order valence-corrected chi connectivity index (χ3v) is 7.23. The van der Waals surface area contributed by atoms with Gasteiger partial charge in [-0.3, -0.25) is 4.79 Å². The Morgan fingerprint density at radius 1 is 1.09 bits per heavy atom. The maximum Gasteiger partial charge on any atom is 0.341 e. The second-order valence-corrected chi connectivity index (χ2v) is 9.56. The molecule has 0 radical (unpaired) electrons. The summed E-state index contributed by atoms with van der Waals surface area (Å²) in [6, 6.07) is 7.25. The van der Waals surface area contributed by atoms with Gasteiger partial charge in [0.1, 0.15) is 5.00 Å². The molecule has 9 heteroatoms. The average molecular weight is 488 g/mol. The largest absolute Gasteiger partial charge is 0.462 e. The molecule has 0 spiro atoms. The Hall–Kier alpha value is -2.49. The third kappa shape index (κ3) is 5.72. The number of morpholine rings is 1. The van der Waals surface area contributed by atoms with Gasteiger partial charge in [-0.2, -0.15) is 0 Å². The SMILES string of the molecule is CCOC(=O)c1c(NC(=S)Nc2ccc(C(=O)N3CCOCC3)cc2)sc2c1CCCCC2. The molecule has 1 aromatic heterocycles. The number of hydrogen-bond acceptors (Lipinski definition) is 6. The highest BCUT2D eigenvalue weighted by molar-refractivity contribution is 7.80. The summed E-state index contributed by atoms with van der Waals surface area (Å²) in [5.41, 5.74) is 3.12. The first-order chi connectivity index (χ1) is 16.1. The van der Waals surface area contributed by atoms with Crippen molar-refractivity contribution in [2.75, 3.05) is 43.5 Å². The Bertz CT molecular complexity index is 1010. The Morgan fingerprint density at radius 3 is 2.55 bits per heavy atom. The first-order valence-electron chi connectivity index (χ1n) is 11.4. The second-order valence-electron chi connectivity index (χ2n) is 8.05. The minimum absolute atomic E-state index is 0.00437. The van der Waals surface area contributed by atoms with E-state index in [-0.39, 0.29) is 11.9 Å². The number of carbonyl (C=O) groups is 2. The lowest BCUT2D eigenvalue weighted by molar-refractivity contribution is 0.0303. The molecular formula is C24H29N3O4S2. The quantitative estimate of drug-likeness (QED) is 0.366. The van der Waals surface area contributed by atoms with Crippen LogP contribution >= 0.6 is 23.6 Å².